The third-order valence-electron chi connectivity index (χ3n) is 1.57. The van der Waals surface area contributed by atoms with Crippen molar-refractivity contribution in [3.63, 3.8) is 0 Å². The van der Waals surface area contributed by atoms with E-state index in [1.165, 1.54) is 0 Å². The minimum absolute atomic E-state index is 0.274. The summed E-state index contributed by atoms with van der Waals surface area (Å²) in [7, 11) is 0. The first-order valence-electron chi connectivity index (χ1n) is 3.96. The van der Waals surface area contributed by atoms with Gasteiger partial charge in [0.15, 0.2) is 5.75 Å². The van der Waals surface area contributed by atoms with Gasteiger partial charge in [-0.05, 0) is 12.1 Å². The summed E-state index contributed by atoms with van der Waals surface area (Å²) >= 11 is 11.0. The van der Waals surface area contributed by atoms with Crippen LogP contribution in [-0.2, 0) is 11.0 Å². The van der Waals surface area contributed by atoms with Gasteiger partial charge in [0.25, 0.3) is 0 Å². The van der Waals surface area contributed by atoms with Crippen LogP contribution < -0.4 is 4.74 Å². The van der Waals surface area contributed by atoms with E-state index < -0.39 is 17.7 Å². The van der Waals surface area contributed by atoms with Crippen LogP contribution in [-0.4, -0.2) is 5.97 Å². The number of alkyl halides is 3. The quantitative estimate of drug-likeness (QED) is 0.572. The number of ether oxygens (including phenoxy) is 1. The van der Waals surface area contributed by atoms with Crippen LogP contribution in [0.4, 0.5) is 13.2 Å². The first kappa shape index (κ1) is 13.1. The average molecular weight is 273 g/mol. The van der Waals surface area contributed by atoms with Gasteiger partial charge in [0.1, 0.15) is 0 Å². The Labute approximate surface area is 98.9 Å². The number of hydrogen-bond donors (Lipinski definition) is 0. The second kappa shape index (κ2) is 4.51. The summed E-state index contributed by atoms with van der Waals surface area (Å²) < 4.78 is 41.5. The van der Waals surface area contributed by atoms with Crippen molar-refractivity contribution in [3.8, 4) is 5.75 Å². The van der Waals surface area contributed by atoms with Gasteiger partial charge in [0.05, 0.1) is 15.6 Å². The van der Waals surface area contributed by atoms with Crippen LogP contribution in [0.25, 0.3) is 0 Å². The number of hydrogen-bond acceptors (Lipinski definition) is 2. The molecule has 0 aliphatic heterocycles. The summed E-state index contributed by atoms with van der Waals surface area (Å²) in [6.07, 6.45) is -4.55. The zero-order valence-electron chi connectivity index (χ0n) is 7.86. The third-order valence-corrected chi connectivity index (χ3v) is 2.13. The van der Waals surface area contributed by atoms with Crippen LogP contribution in [0.5, 0.6) is 5.75 Å². The molecule has 16 heavy (non-hydrogen) atoms. The fourth-order valence-electron chi connectivity index (χ4n) is 0.965. The molecule has 1 rings (SSSR count). The highest BCUT2D eigenvalue weighted by molar-refractivity contribution is 6.37. The van der Waals surface area contributed by atoms with Crippen molar-refractivity contribution in [2.75, 3.05) is 0 Å². The van der Waals surface area contributed by atoms with Crippen molar-refractivity contribution in [2.45, 2.75) is 13.1 Å². The Hall–Kier alpha value is -0.940. The Kier molecular flexibility index (Phi) is 3.70. The Bertz CT molecular complexity index is 406. The van der Waals surface area contributed by atoms with E-state index in [0.29, 0.717) is 12.1 Å². The van der Waals surface area contributed by atoms with Crippen LogP contribution in [0.15, 0.2) is 12.1 Å². The molecule has 2 nitrogen and oxygen atoms in total. The monoisotopic (exact) mass is 272 g/mol. The third kappa shape index (κ3) is 3.02. The van der Waals surface area contributed by atoms with Gasteiger partial charge in [-0.3, -0.25) is 4.79 Å². The highest BCUT2D eigenvalue weighted by Crippen LogP contribution is 2.39. The molecular formula is C9H5Cl2F3O2. The lowest BCUT2D eigenvalue weighted by molar-refractivity contribution is -0.137. The van der Waals surface area contributed by atoms with E-state index in [-0.39, 0.29) is 15.8 Å². The first-order valence-corrected chi connectivity index (χ1v) is 4.72. The highest BCUT2D eigenvalue weighted by atomic mass is 35.5. The summed E-state index contributed by atoms with van der Waals surface area (Å²) in [5.74, 6) is -0.993. The molecule has 0 radical (unpaired) electrons. The summed E-state index contributed by atoms with van der Waals surface area (Å²) in [5.41, 5.74) is -1.00. The second-order valence-corrected chi connectivity index (χ2v) is 3.67. The van der Waals surface area contributed by atoms with Gasteiger partial charge in [0.2, 0.25) is 0 Å². The number of carbonyl (C=O) groups excluding carboxylic acids is 1. The number of esters is 1. The number of benzene rings is 1. The smallest absolute Gasteiger partial charge is 0.416 e. The predicted octanol–water partition coefficient (Wildman–Crippen LogP) is 3.94. The van der Waals surface area contributed by atoms with Crippen LogP contribution in [0.3, 0.4) is 0 Å². The molecule has 0 saturated heterocycles. The minimum atomic E-state index is -4.55. The van der Waals surface area contributed by atoms with Crippen LogP contribution >= 0.6 is 23.2 Å². The Morgan fingerprint density at radius 2 is 1.69 bits per heavy atom. The van der Waals surface area contributed by atoms with Gasteiger partial charge in [-0.1, -0.05) is 23.2 Å². The molecule has 0 atom stereocenters. The lowest BCUT2D eigenvalue weighted by Gasteiger charge is -2.11. The molecule has 0 unspecified atom stereocenters. The van der Waals surface area contributed by atoms with Gasteiger partial charge < -0.3 is 4.74 Å². The molecular weight excluding hydrogens is 268 g/mol. The molecule has 0 aliphatic rings. The Morgan fingerprint density at radius 1 is 1.25 bits per heavy atom. The summed E-state index contributed by atoms with van der Waals surface area (Å²) in [5, 5.41) is -0.731. The van der Waals surface area contributed by atoms with Gasteiger partial charge in [-0.25, -0.2) is 0 Å². The molecule has 0 aliphatic carbocycles. The number of rotatable bonds is 1. The summed E-state index contributed by atoms with van der Waals surface area (Å²) in [6, 6.07) is 1.29. The van der Waals surface area contributed by atoms with Crippen molar-refractivity contribution in [3.05, 3.63) is 27.7 Å². The Morgan fingerprint density at radius 3 is 2.00 bits per heavy atom. The lowest BCUT2D eigenvalue weighted by atomic mass is 10.2. The van der Waals surface area contributed by atoms with E-state index in [2.05, 4.69) is 4.74 Å². The lowest BCUT2D eigenvalue weighted by Crippen LogP contribution is -2.07. The van der Waals surface area contributed by atoms with Gasteiger partial charge in [0, 0.05) is 6.92 Å². The molecule has 0 fully saturated rings. The normalized spacial score (nSPS) is 11.4. The highest BCUT2D eigenvalue weighted by Gasteiger charge is 2.32. The standard InChI is InChI=1S/C9H5Cl2F3O2/c1-4(15)16-8-6(10)2-5(3-7(8)11)9(12,13)14/h2-3H,1H3. The minimum Gasteiger partial charge on any atom is -0.424 e. The number of halogens is 5. The van der Waals surface area contributed by atoms with E-state index in [1.807, 2.05) is 0 Å². The molecule has 0 bridgehead atoms. The van der Waals surface area contributed by atoms with E-state index in [4.69, 9.17) is 23.2 Å². The largest absolute Gasteiger partial charge is 0.424 e. The SMILES string of the molecule is CC(=O)Oc1c(Cl)cc(C(F)(F)F)cc1Cl. The first-order chi connectivity index (χ1) is 7.21. The zero-order valence-corrected chi connectivity index (χ0v) is 9.37. The van der Waals surface area contributed by atoms with Crippen molar-refractivity contribution >= 4 is 29.2 Å². The molecule has 88 valence electrons. The fourth-order valence-corrected chi connectivity index (χ4v) is 1.53. The Balaban J connectivity index is 3.23. The molecule has 0 heterocycles. The number of carbonyl (C=O) groups is 1. The van der Waals surface area contributed by atoms with Crippen molar-refractivity contribution in [1.29, 1.82) is 0 Å². The molecule has 7 heteroatoms. The van der Waals surface area contributed by atoms with E-state index in [1.54, 1.807) is 0 Å². The fraction of sp³-hybridized carbons (Fsp3) is 0.222. The van der Waals surface area contributed by atoms with Crippen LogP contribution in [0.2, 0.25) is 10.0 Å². The summed E-state index contributed by atoms with van der Waals surface area (Å²) in [6.45, 7) is 1.09. The average Bonchev–Trinajstić information content (AvgIpc) is 2.09. The molecule has 0 N–H and O–H groups in total. The van der Waals surface area contributed by atoms with E-state index in [9.17, 15) is 18.0 Å². The van der Waals surface area contributed by atoms with Gasteiger partial charge in [-0.15, -0.1) is 0 Å². The zero-order chi connectivity index (χ0) is 12.5. The van der Waals surface area contributed by atoms with Crippen molar-refractivity contribution in [1.82, 2.24) is 0 Å². The molecule has 0 spiro atoms. The summed E-state index contributed by atoms with van der Waals surface area (Å²) in [4.78, 5) is 10.6. The maximum Gasteiger partial charge on any atom is 0.416 e. The molecule has 0 aromatic heterocycles. The van der Waals surface area contributed by atoms with Crippen LogP contribution in [0, 0.1) is 0 Å². The second-order valence-electron chi connectivity index (χ2n) is 2.86. The van der Waals surface area contributed by atoms with E-state index >= 15 is 0 Å². The van der Waals surface area contributed by atoms with Crippen LogP contribution in [0.1, 0.15) is 12.5 Å². The topological polar surface area (TPSA) is 26.3 Å². The molecule has 0 saturated carbocycles. The van der Waals surface area contributed by atoms with Gasteiger partial charge in [-0.2, -0.15) is 13.2 Å². The van der Waals surface area contributed by atoms with E-state index in [0.717, 1.165) is 6.92 Å². The molecule has 1 aromatic rings. The molecule has 0 amide bonds. The predicted molar refractivity (Wildman–Crippen MR) is 52.8 cm³/mol. The maximum atomic E-state index is 12.3. The van der Waals surface area contributed by atoms with Gasteiger partial charge >= 0.3 is 12.1 Å². The van der Waals surface area contributed by atoms with Crippen molar-refractivity contribution in [2.24, 2.45) is 0 Å². The molecule has 1 aromatic carbocycles. The maximum absolute atomic E-state index is 12.3. The van der Waals surface area contributed by atoms with Crippen molar-refractivity contribution < 1.29 is 22.7 Å².